The number of aliphatic hydroxyl groups excluding tert-OH is 1. The Balaban J connectivity index is 2.51. The molecule has 0 aliphatic rings. The summed E-state index contributed by atoms with van der Waals surface area (Å²) in [6.45, 7) is -0.0121. The minimum Gasteiger partial charge on any atom is -0.491 e. The molecule has 5 nitrogen and oxygen atoms in total. The first-order valence-electron chi connectivity index (χ1n) is 4.83. The number of ether oxygens (including phenoxy) is 2. The van der Waals surface area contributed by atoms with Gasteiger partial charge in [-0.25, -0.2) is 0 Å². The number of hydrogen-bond acceptors (Lipinski definition) is 5. The van der Waals surface area contributed by atoms with E-state index in [4.69, 9.17) is 15.6 Å². The molecule has 1 atom stereocenters. The summed E-state index contributed by atoms with van der Waals surface area (Å²) in [4.78, 5) is 11.0. The third kappa shape index (κ3) is 3.52. The Labute approximate surface area is 93.8 Å². The second kappa shape index (κ2) is 6.09. The predicted octanol–water partition coefficient (Wildman–Crippen LogP) is 0.0580. The summed E-state index contributed by atoms with van der Waals surface area (Å²) in [6, 6.07) is 6.13. The Morgan fingerprint density at radius 2 is 2.31 bits per heavy atom. The summed E-state index contributed by atoms with van der Waals surface area (Å²) in [7, 11) is 1.27. The molecule has 1 aromatic rings. The highest BCUT2D eigenvalue weighted by molar-refractivity contribution is 5.75. The van der Waals surface area contributed by atoms with Crippen LogP contribution in [0.4, 0.5) is 0 Å². The van der Waals surface area contributed by atoms with E-state index in [1.807, 2.05) is 0 Å². The second-order valence-electron chi connectivity index (χ2n) is 3.25. The van der Waals surface area contributed by atoms with Crippen molar-refractivity contribution in [1.29, 1.82) is 0 Å². The monoisotopic (exact) mass is 225 g/mol. The molecule has 1 unspecified atom stereocenters. The zero-order valence-corrected chi connectivity index (χ0v) is 9.05. The number of aliphatic hydroxyl groups is 1. The van der Waals surface area contributed by atoms with Crippen LogP contribution in [0.2, 0.25) is 0 Å². The molecular formula is C11H15NO4. The van der Waals surface area contributed by atoms with Crippen molar-refractivity contribution in [2.24, 2.45) is 5.73 Å². The molecule has 0 bridgehead atoms. The minimum absolute atomic E-state index is 0.0432. The summed E-state index contributed by atoms with van der Waals surface area (Å²) in [5, 5.41) is 8.91. The van der Waals surface area contributed by atoms with Crippen molar-refractivity contribution in [3.63, 3.8) is 0 Å². The number of hydrogen-bond donors (Lipinski definition) is 2. The molecule has 88 valence electrons. The number of rotatable bonds is 5. The van der Waals surface area contributed by atoms with Crippen molar-refractivity contribution < 1.29 is 19.4 Å². The van der Waals surface area contributed by atoms with Gasteiger partial charge in [-0.2, -0.15) is 0 Å². The number of nitrogens with two attached hydrogens (primary N) is 1. The maximum atomic E-state index is 11.0. The third-order valence-corrected chi connectivity index (χ3v) is 2.01. The molecule has 1 aromatic carbocycles. The highest BCUT2D eigenvalue weighted by atomic mass is 16.5. The number of benzene rings is 1. The number of methoxy groups -OCH3 is 1. The van der Waals surface area contributed by atoms with Crippen LogP contribution in [0.5, 0.6) is 5.75 Å². The van der Waals surface area contributed by atoms with E-state index in [9.17, 15) is 4.79 Å². The average Bonchev–Trinajstić information content (AvgIpc) is 2.35. The van der Waals surface area contributed by atoms with E-state index < -0.39 is 12.0 Å². The van der Waals surface area contributed by atoms with Gasteiger partial charge in [-0.15, -0.1) is 0 Å². The fourth-order valence-corrected chi connectivity index (χ4v) is 1.14. The fraction of sp³-hybridized carbons (Fsp3) is 0.364. The van der Waals surface area contributed by atoms with Crippen LogP contribution in [-0.4, -0.2) is 30.8 Å². The van der Waals surface area contributed by atoms with Gasteiger partial charge in [0.05, 0.1) is 13.7 Å². The maximum Gasteiger partial charge on any atom is 0.326 e. The quantitative estimate of drug-likeness (QED) is 0.692. The molecule has 3 N–H and O–H groups in total. The Morgan fingerprint density at radius 1 is 1.56 bits per heavy atom. The van der Waals surface area contributed by atoms with Crippen molar-refractivity contribution in [2.75, 3.05) is 13.7 Å². The van der Waals surface area contributed by atoms with Crippen LogP contribution >= 0.6 is 0 Å². The molecule has 0 amide bonds. The van der Waals surface area contributed by atoms with Gasteiger partial charge in [0.15, 0.2) is 0 Å². The molecule has 0 aliphatic heterocycles. The van der Waals surface area contributed by atoms with Gasteiger partial charge >= 0.3 is 5.97 Å². The van der Waals surface area contributed by atoms with Crippen LogP contribution in [0.1, 0.15) is 5.56 Å². The molecule has 0 saturated heterocycles. The second-order valence-corrected chi connectivity index (χ2v) is 3.25. The first kappa shape index (κ1) is 12.5. The van der Waals surface area contributed by atoms with Crippen LogP contribution in [0.3, 0.4) is 0 Å². The largest absolute Gasteiger partial charge is 0.491 e. The molecule has 0 aliphatic carbocycles. The zero-order chi connectivity index (χ0) is 12.0. The van der Waals surface area contributed by atoms with Gasteiger partial charge in [0.1, 0.15) is 18.4 Å². The lowest BCUT2D eigenvalue weighted by Crippen LogP contribution is -2.37. The van der Waals surface area contributed by atoms with Gasteiger partial charge in [0.2, 0.25) is 0 Å². The lowest BCUT2D eigenvalue weighted by atomic mass is 10.2. The van der Waals surface area contributed by atoms with Crippen molar-refractivity contribution in [3.05, 3.63) is 29.8 Å². The maximum absolute atomic E-state index is 11.0. The summed E-state index contributed by atoms with van der Waals surface area (Å²) in [5.74, 6) is 0.0456. The number of carbonyl (C=O) groups is 1. The van der Waals surface area contributed by atoms with Crippen LogP contribution in [-0.2, 0) is 16.1 Å². The highest BCUT2D eigenvalue weighted by Crippen LogP contribution is 2.13. The van der Waals surface area contributed by atoms with E-state index in [1.165, 1.54) is 7.11 Å². The topological polar surface area (TPSA) is 81.8 Å². The van der Waals surface area contributed by atoms with Crippen molar-refractivity contribution in [2.45, 2.75) is 12.6 Å². The van der Waals surface area contributed by atoms with Crippen molar-refractivity contribution in [3.8, 4) is 5.75 Å². The molecule has 0 aromatic heterocycles. The normalized spacial score (nSPS) is 11.9. The fourth-order valence-electron chi connectivity index (χ4n) is 1.14. The summed E-state index contributed by atoms with van der Waals surface area (Å²) in [6.07, 6.45) is 0. The number of esters is 1. The first-order valence-corrected chi connectivity index (χ1v) is 4.83. The summed E-state index contributed by atoms with van der Waals surface area (Å²) < 4.78 is 9.76. The lowest BCUT2D eigenvalue weighted by Gasteiger charge is -2.11. The van der Waals surface area contributed by atoms with Crippen LogP contribution in [0.25, 0.3) is 0 Å². The van der Waals surface area contributed by atoms with Crippen LogP contribution < -0.4 is 10.5 Å². The number of carbonyl (C=O) groups excluding carboxylic acids is 1. The van der Waals surface area contributed by atoms with Crippen molar-refractivity contribution >= 4 is 5.97 Å². The Hall–Kier alpha value is -1.59. The molecule has 0 saturated carbocycles. The Morgan fingerprint density at radius 3 is 2.94 bits per heavy atom. The van der Waals surface area contributed by atoms with E-state index >= 15 is 0 Å². The van der Waals surface area contributed by atoms with E-state index in [2.05, 4.69) is 4.74 Å². The molecular weight excluding hydrogens is 210 g/mol. The van der Waals surface area contributed by atoms with E-state index in [0.717, 1.165) is 5.56 Å². The third-order valence-electron chi connectivity index (χ3n) is 2.01. The zero-order valence-electron chi connectivity index (χ0n) is 9.05. The summed E-state index contributed by atoms with van der Waals surface area (Å²) in [5.41, 5.74) is 6.24. The molecule has 0 heterocycles. The van der Waals surface area contributed by atoms with Gasteiger partial charge in [0, 0.05) is 0 Å². The molecule has 0 radical (unpaired) electrons. The smallest absolute Gasteiger partial charge is 0.326 e. The SMILES string of the molecule is COC(=O)C(N)COc1cccc(CO)c1. The highest BCUT2D eigenvalue weighted by Gasteiger charge is 2.14. The van der Waals surface area contributed by atoms with Crippen LogP contribution in [0, 0.1) is 0 Å². The van der Waals surface area contributed by atoms with Gasteiger partial charge in [-0.3, -0.25) is 4.79 Å². The van der Waals surface area contributed by atoms with E-state index in [1.54, 1.807) is 24.3 Å². The minimum atomic E-state index is -0.803. The van der Waals surface area contributed by atoms with Crippen LogP contribution in [0.15, 0.2) is 24.3 Å². The Kier molecular flexibility index (Phi) is 4.75. The molecule has 1 rings (SSSR count). The van der Waals surface area contributed by atoms with E-state index in [0.29, 0.717) is 5.75 Å². The lowest BCUT2D eigenvalue weighted by molar-refractivity contribution is -0.142. The molecule has 0 fully saturated rings. The Bertz CT molecular complexity index is 354. The first-order chi connectivity index (χ1) is 7.67. The summed E-state index contributed by atoms with van der Waals surface area (Å²) >= 11 is 0. The van der Waals surface area contributed by atoms with Gasteiger partial charge in [0.25, 0.3) is 0 Å². The molecule has 16 heavy (non-hydrogen) atoms. The van der Waals surface area contributed by atoms with Crippen molar-refractivity contribution in [1.82, 2.24) is 0 Å². The van der Waals surface area contributed by atoms with Gasteiger partial charge in [-0.05, 0) is 17.7 Å². The molecule has 0 spiro atoms. The standard InChI is InChI=1S/C11H15NO4/c1-15-11(14)10(12)7-16-9-4-2-3-8(5-9)6-13/h2-5,10,13H,6-7,12H2,1H3. The molecule has 5 heteroatoms. The average molecular weight is 225 g/mol. The predicted molar refractivity (Wildman–Crippen MR) is 57.9 cm³/mol. The van der Waals surface area contributed by atoms with E-state index in [-0.39, 0.29) is 13.2 Å². The van der Waals surface area contributed by atoms with Gasteiger partial charge in [-0.1, -0.05) is 12.1 Å². The van der Waals surface area contributed by atoms with Gasteiger partial charge < -0.3 is 20.3 Å².